The van der Waals surface area contributed by atoms with Gasteiger partial charge in [-0.15, -0.1) is 0 Å². The lowest BCUT2D eigenvalue weighted by molar-refractivity contribution is -0.121. The quantitative estimate of drug-likeness (QED) is 0.571. The van der Waals surface area contributed by atoms with Crippen molar-refractivity contribution in [1.29, 1.82) is 0 Å². The molecule has 0 bridgehead atoms. The fourth-order valence-electron chi connectivity index (χ4n) is 4.23. The third-order valence-corrected chi connectivity index (χ3v) is 6.16. The molecule has 0 spiro atoms. The number of amides is 1. The van der Waals surface area contributed by atoms with E-state index in [9.17, 15) is 18.4 Å². The summed E-state index contributed by atoms with van der Waals surface area (Å²) in [7, 11) is 0. The van der Waals surface area contributed by atoms with E-state index in [0.717, 1.165) is 22.8 Å². The first-order valence-corrected chi connectivity index (χ1v) is 11.0. The van der Waals surface area contributed by atoms with Crippen LogP contribution < -0.4 is 9.47 Å². The number of ketones is 1. The highest BCUT2D eigenvalue weighted by Gasteiger charge is 2.34. The number of rotatable bonds is 5. The molecule has 34 heavy (non-hydrogen) atoms. The molecule has 3 aromatic rings. The summed E-state index contributed by atoms with van der Waals surface area (Å²) in [4.78, 5) is 29.9. The number of halogens is 2. The topological polar surface area (TPSA) is 68.7 Å². The molecule has 3 heterocycles. The predicted molar refractivity (Wildman–Crippen MR) is 120 cm³/mol. The molecule has 0 unspecified atom stereocenters. The van der Waals surface area contributed by atoms with E-state index in [-0.39, 0.29) is 42.6 Å². The number of Topliss-reactive ketones (excluding diaryl/α,β-unsaturated/α-hetero) is 1. The molecule has 8 heteroatoms. The molecule has 0 N–H and O–H groups in total. The van der Waals surface area contributed by atoms with Crippen molar-refractivity contribution in [2.24, 2.45) is 5.92 Å². The molecule has 0 saturated carbocycles. The second-order valence-electron chi connectivity index (χ2n) is 8.67. The Morgan fingerprint density at radius 3 is 2.76 bits per heavy atom. The van der Waals surface area contributed by atoms with Crippen molar-refractivity contribution in [1.82, 2.24) is 9.88 Å². The van der Waals surface area contributed by atoms with Crippen LogP contribution in [0.15, 0.2) is 48.8 Å². The van der Waals surface area contributed by atoms with Gasteiger partial charge in [-0.1, -0.05) is 6.07 Å². The van der Waals surface area contributed by atoms with Crippen LogP contribution in [0.5, 0.6) is 11.5 Å². The molecule has 0 radical (unpaired) electrons. The van der Waals surface area contributed by atoms with Gasteiger partial charge in [0.2, 0.25) is 0 Å². The number of aryl methyl sites for hydroxylation is 1. The first-order chi connectivity index (χ1) is 16.4. The van der Waals surface area contributed by atoms with Crippen LogP contribution in [0, 0.1) is 24.5 Å². The predicted octanol–water partition coefficient (Wildman–Crippen LogP) is 3.99. The molecule has 5 rings (SSSR count). The van der Waals surface area contributed by atoms with Gasteiger partial charge in [0.15, 0.2) is 17.3 Å². The molecule has 6 nitrogen and oxygen atoms in total. The Balaban J connectivity index is 1.18. The minimum atomic E-state index is -0.677. The minimum absolute atomic E-state index is 0.00851. The normalized spacial score (nSPS) is 15.4. The summed E-state index contributed by atoms with van der Waals surface area (Å²) in [6.07, 6.45) is 3.51. The van der Waals surface area contributed by atoms with Crippen LogP contribution in [0.25, 0.3) is 11.1 Å². The second kappa shape index (κ2) is 8.85. The molecule has 1 saturated heterocycles. The van der Waals surface area contributed by atoms with Gasteiger partial charge in [-0.05, 0) is 42.3 Å². The van der Waals surface area contributed by atoms with Gasteiger partial charge >= 0.3 is 0 Å². The van der Waals surface area contributed by atoms with Gasteiger partial charge < -0.3 is 14.4 Å². The molecule has 2 aromatic carbocycles. The highest BCUT2D eigenvalue weighted by Crippen LogP contribution is 2.30. The van der Waals surface area contributed by atoms with Gasteiger partial charge in [-0.25, -0.2) is 8.78 Å². The third kappa shape index (κ3) is 4.23. The van der Waals surface area contributed by atoms with Crippen LogP contribution in [0.2, 0.25) is 0 Å². The Morgan fingerprint density at radius 2 is 2.00 bits per heavy atom. The molecule has 174 valence electrons. The van der Waals surface area contributed by atoms with E-state index >= 15 is 0 Å². The number of hydrogen-bond acceptors (Lipinski definition) is 5. The molecule has 2 aliphatic heterocycles. The second-order valence-corrected chi connectivity index (χ2v) is 8.67. The fourth-order valence-corrected chi connectivity index (χ4v) is 4.23. The summed E-state index contributed by atoms with van der Waals surface area (Å²) in [5.41, 5.74) is 3.00. The number of nitrogens with zero attached hydrogens (tertiary/aromatic N) is 2. The number of pyridine rings is 1. The van der Waals surface area contributed by atoms with E-state index in [1.807, 2.05) is 13.0 Å². The maximum absolute atomic E-state index is 14.6. The van der Waals surface area contributed by atoms with Gasteiger partial charge in [0.05, 0.1) is 12.2 Å². The number of hydrogen-bond donors (Lipinski definition) is 0. The van der Waals surface area contributed by atoms with Crippen LogP contribution >= 0.6 is 0 Å². The average molecular weight is 464 g/mol. The standard InChI is InChI=1S/C26H22F2N2O4/c1-15-4-5-29-10-21(15)17-2-3-24(23(28)8-17)33-13-16-11-30(12-16)26(32)20-7-18-6-19(31)14-34-25(18)9-22(20)27/h2-5,7-10,16H,6,11-14H2,1H3. The minimum Gasteiger partial charge on any atom is -0.490 e. The Labute approximate surface area is 195 Å². The number of carbonyl (C=O) groups is 2. The summed E-state index contributed by atoms with van der Waals surface area (Å²) in [5.74, 6) is -1.26. The average Bonchev–Trinajstić information content (AvgIpc) is 2.79. The molecular weight excluding hydrogens is 442 g/mol. The molecule has 0 aliphatic carbocycles. The van der Waals surface area contributed by atoms with Crippen molar-refractivity contribution < 1.29 is 27.8 Å². The lowest BCUT2D eigenvalue weighted by Gasteiger charge is -2.39. The lowest BCUT2D eigenvalue weighted by atomic mass is 9.97. The number of benzene rings is 2. The Morgan fingerprint density at radius 1 is 1.18 bits per heavy atom. The summed E-state index contributed by atoms with van der Waals surface area (Å²) in [5, 5.41) is 0. The molecule has 1 fully saturated rings. The molecule has 1 aromatic heterocycles. The van der Waals surface area contributed by atoms with E-state index in [1.54, 1.807) is 24.5 Å². The van der Waals surface area contributed by atoms with Gasteiger partial charge in [0, 0.05) is 55.0 Å². The highest BCUT2D eigenvalue weighted by atomic mass is 19.1. The van der Waals surface area contributed by atoms with Crippen molar-refractivity contribution in [3.8, 4) is 22.6 Å². The largest absolute Gasteiger partial charge is 0.490 e. The molecule has 1 amide bonds. The van der Waals surface area contributed by atoms with Gasteiger partial charge in [-0.2, -0.15) is 0 Å². The van der Waals surface area contributed by atoms with E-state index < -0.39 is 17.5 Å². The maximum Gasteiger partial charge on any atom is 0.256 e. The number of likely N-dealkylation sites (tertiary alicyclic amines) is 1. The van der Waals surface area contributed by atoms with E-state index in [1.165, 1.54) is 17.0 Å². The number of carbonyl (C=O) groups excluding carboxylic acids is 2. The summed E-state index contributed by atoms with van der Waals surface area (Å²) in [6, 6.07) is 9.22. The van der Waals surface area contributed by atoms with E-state index in [0.29, 0.717) is 24.4 Å². The van der Waals surface area contributed by atoms with Crippen molar-refractivity contribution in [3.63, 3.8) is 0 Å². The lowest BCUT2D eigenvalue weighted by Crippen LogP contribution is -2.52. The smallest absolute Gasteiger partial charge is 0.256 e. The van der Waals surface area contributed by atoms with E-state index in [2.05, 4.69) is 4.98 Å². The monoisotopic (exact) mass is 464 g/mol. The van der Waals surface area contributed by atoms with Crippen molar-refractivity contribution in [2.75, 3.05) is 26.3 Å². The summed E-state index contributed by atoms with van der Waals surface area (Å²) in [6.45, 7) is 2.84. The van der Waals surface area contributed by atoms with Gasteiger partial charge in [-0.3, -0.25) is 14.6 Å². The van der Waals surface area contributed by atoms with E-state index in [4.69, 9.17) is 9.47 Å². The zero-order chi connectivity index (χ0) is 23.8. The molecular formula is C26H22F2N2O4. The maximum atomic E-state index is 14.6. The first kappa shape index (κ1) is 22.0. The Bertz CT molecular complexity index is 1290. The van der Waals surface area contributed by atoms with Crippen LogP contribution in [0.4, 0.5) is 8.78 Å². The van der Waals surface area contributed by atoms with Crippen LogP contribution in [-0.2, 0) is 11.2 Å². The highest BCUT2D eigenvalue weighted by molar-refractivity contribution is 5.96. The first-order valence-electron chi connectivity index (χ1n) is 11.0. The SMILES string of the molecule is Cc1ccncc1-c1ccc(OCC2CN(C(=O)c3cc4c(cc3F)OCC(=O)C4)C2)c(F)c1. The number of fused-ring (bicyclic) bond motifs is 1. The van der Waals surface area contributed by atoms with Crippen LogP contribution in [0.1, 0.15) is 21.5 Å². The van der Waals surface area contributed by atoms with Gasteiger partial charge in [0.25, 0.3) is 5.91 Å². The third-order valence-electron chi connectivity index (χ3n) is 6.16. The van der Waals surface area contributed by atoms with Crippen LogP contribution in [-0.4, -0.2) is 47.9 Å². The molecule has 2 aliphatic rings. The number of aromatic nitrogens is 1. The zero-order valence-corrected chi connectivity index (χ0v) is 18.5. The summed E-state index contributed by atoms with van der Waals surface area (Å²) < 4.78 is 39.9. The Kier molecular flexibility index (Phi) is 5.73. The Hall–Kier alpha value is -3.81. The van der Waals surface area contributed by atoms with Crippen molar-refractivity contribution >= 4 is 11.7 Å². The van der Waals surface area contributed by atoms with Crippen molar-refractivity contribution in [2.45, 2.75) is 13.3 Å². The van der Waals surface area contributed by atoms with Crippen LogP contribution in [0.3, 0.4) is 0 Å². The van der Waals surface area contributed by atoms with Gasteiger partial charge in [0.1, 0.15) is 18.2 Å². The number of ether oxygens (including phenoxy) is 2. The zero-order valence-electron chi connectivity index (χ0n) is 18.5. The molecule has 0 atom stereocenters. The van der Waals surface area contributed by atoms with Crippen molar-refractivity contribution in [3.05, 3.63) is 77.1 Å². The fraction of sp³-hybridized carbons (Fsp3) is 0.269. The summed E-state index contributed by atoms with van der Waals surface area (Å²) >= 11 is 0.